The van der Waals surface area contributed by atoms with Crippen molar-refractivity contribution in [2.75, 3.05) is 11.1 Å². The van der Waals surface area contributed by atoms with Crippen molar-refractivity contribution in [1.29, 1.82) is 10.5 Å². The molecule has 0 atom stereocenters. The Bertz CT molecular complexity index is 1740. The van der Waals surface area contributed by atoms with Gasteiger partial charge in [0.05, 0.1) is 16.8 Å². The number of aromatic nitrogens is 2. The molecule has 1 amide bonds. The van der Waals surface area contributed by atoms with Gasteiger partial charge in [-0.05, 0) is 61.8 Å². The number of carbonyl (C=O) groups is 1. The number of nitrogens with zero attached hydrogens (tertiary/aromatic N) is 4. The molecule has 7 heteroatoms. The van der Waals surface area contributed by atoms with Crippen LogP contribution in [0.2, 0.25) is 0 Å². The number of pyridine rings is 1. The Morgan fingerprint density at radius 2 is 1.81 bits per heavy atom. The Hall–Kier alpha value is -5.14. The highest BCUT2D eigenvalue weighted by atomic mass is 16.1. The van der Waals surface area contributed by atoms with Crippen molar-refractivity contribution >= 4 is 45.5 Å². The summed E-state index contributed by atoms with van der Waals surface area (Å²) in [6.07, 6.45) is 3.94. The lowest BCUT2D eigenvalue weighted by Gasteiger charge is -2.10. The minimum atomic E-state index is -0.132. The number of carbonyl (C=O) groups excluding carboxylic acids is 1. The molecule has 2 heterocycles. The van der Waals surface area contributed by atoms with Crippen molar-refractivity contribution in [2.24, 2.45) is 0 Å². The van der Waals surface area contributed by atoms with Gasteiger partial charge >= 0.3 is 0 Å². The number of nitrogen functional groups attached to an aromatic ring is 1. The summed E-state index contributed by atoms with van der Waals surface area (Å²) in [6, 6.07) is 19.9. The third kappa shape index (κ3) is 4.03. The summed E-state index contributed by atoms with van der Waals surface area (Å²) in [4.78, 5) is 17.3. The Balaban J connectivity index is 1.59. The number of amides is 1. The molecule has 180 valence electrons. The molecule has 7 nitrogen and oxygen atoms in total. The van der Waals surface area contributed by atoms with Gasteiger partial charge in [0.15, 0.2) is 0 Å². The van der Waals surface area contributed by atoms with E-state index in [1.165, 1.54) is 0 Å². The Kier molecular flexibility index (Phi) is 5.83. The predicted molar refractivity (Wildman–Crippen MR) is 146 cm³/mol. The van der Waals surface area contributed by atoms with Gasteiger partial charge in [0.25, 0.3) is 0 Å². The topological polar surface area (TPSA) is 121 Å². The molecule has 0 saturated carbocycles. The van der Waals surface area contributed by atoms with Gasteiger partial charge in [-0.3, -0.25) is 4.79 Å². The second-order valence-corrected chi connectivity index (χ2v) is 9.15. The molecule has 4 aromatic rings. The third-order valence-corrected chi connectivity index (χ3v) is 6.75. The quantitative estimate of drug-likeness (QED) is 0.391. The summed E-state index contributed by atoms with van der Waals surface area (Å²) in [5.74, 6) is -0.0104. The van der Waals surface area contributed by atoms with E-state index in [-0.39, 0.29) is 18.3 Å². The molecule has 0 spiro atoms. The normalized spacial score (nSPS) is 13.5. The molecule has 0 unspecified atom stereocenters. The van der Waals surface area contributed by atoms with Crippen LogP contribution in [0.4, 0.5) is 11.5 Å². The van der Waals surface area contributed by atoms with E-state index in [0.29, 0.717) is 22.4 Å². The fourth-order valence-electron chi connectivity index (χ4n) is 4.86. The molecule has 0 aliphatic heterocycles. The number of para-hydroxylation sites is 1. The lowest BCUT2D eigenvalue weighted by atomic mass is 9.95. The summed E-state index contributed by atoms with van der Waals surface area (Å²) in [5, 5.41) is 23.4. The number of fused-ring (bicyclic) bond motifs is 2. The van der Waals surface area contributed by atoms with Crippen LogP contribution in [0.3, 0.4) is 0 Å². The highest BCUT2D eigenvalue weighted by Gasteiger charge is 2.30. The zero-order valence-electron chi connectivity index (χ0n) is 20.8. The van der Waals surface area contributed by atoms with E-state index in [2.05, 4.69) is 22.4 Å². The van der Waals surface area contributed by atoms with E-state index < -0.39 is 0 Å². The molecular weight excluding hydrogens is 460 g/mol. The van der Waals surface area contributed by atoms with Crippen LogP contribution in [-0.2, 0) is 11.3 Å². The molecule has 2 aromatic heterocycles. The maximum Gasteiger partial charge on any atom is 0.244 e. The average Bonchev–Trinajstić information content (AvgIpc) is 3.35. The monoisotopic (exact) mass is 484 g/mol. The minimum Gasteiger partial charge on any atom is -0.383 e. The van der Waals surface area contributed by atoms with Gasteiger partial charge in [-0.15, -0.1) is 0 Å². The molecular formula is C30H24N6O. The standard InChI is InChI=1S/C30H24N6O/c1-17-8-10-21(11-9-17)34-27(37)16-36-15-20(22-6-4-5-7-26(22)36)12-23-18(2)24(13-31)29-28(23)19(3)25(14-32)30(33)35-29/h4-12,15H,16H2,1-3H3,(H2,33,35)(H,34,37)/b23-12+. The van der Waals surface area contributed by atoms with E-state index in [1.54, 1.807) is 0 Å². The first-order valence-corrected chi connectivity index (χ1v) is 11.8. The van der Waals surface area contributed by atoms with Gasteiger partial charge in [0.1, 0.15) is 24.5 Å². The van der Waals surface area contributed by atoms with Gasteiger partial charge < -0.3 is 15.6 Å². The number of nitriles is 2. The zero-order chi connectivity index (χ0) is 26.3. The van der Waals surface area contributed by atoms with E-state index in [0.717, 1.165) is 44.4 Å². The van der Waals surface area contributed by atoms with Crippen molar-refractivity contribution in [2.45, 2.75) is 27.3 Å². The highest BCUT2D eigenvalue weighted by Crippen LogP contribution is 2.44. The second-order valence-electron chi connectivity index (χ2n) is 9.15. The number of nitrogens with two attached hydrogens (primary N) is 1. The predicted octanol–water partition coefficient (Wildman–Crippen LogP) is 5.60. The van der Waals surface area contributed by atoms with E-state index >= 15 is 0 Å². The largest absolute Gasteiger partial charge is 0.383 e. The molecule has 2 aromatic carbocycles. The first kappa shape index (κ1) is 23.6. The molecule has 37 heavy (non-hydrogen) atoms. The molecule has 0 fully saturated rings. The fourth-order valence-corrected chi connectivity index (χ4v) is 4.86. The molecule has 3 N–H and O–H groups in total. The SMILES string of the molecule is CC1=C(C#N)c2nc(N)c(C#N)c(C)c2/C1=C/c1cn(CC(=O)Nc2ccc(C)cc2)c2ccccc12. The van der Waals surface area contributed by atoms with Gasteiger partial charge in [-0.2, -0.15) is 10.5 Å². The molecule has 5 rings (SSSR count). The number of anilines is 2. The number of hydrogen-bond donors (Lipinski definition) is 2. The number of benzene rings is 2. The lowest BCUT2D eigenvalue weighted by molar-refractivity contribution is -0.116. The number of nitrogens with one attached hydrogen (secondary N) is 1. The molecule has 0 bridgehead atoms. The fraction of sp³-hybridized carbons (Fsp3) is 0.133. The molecule has 0 saturated heterocycles. The van der Waals surface area contributed by atoms with Crippen LogP contribution in [0.5, 0.6) is 0 Å². The first-order chi connectivity index (χ1) is 17.8. The summed E-state index contributed by atoms with van der Waals surface area (Å²) >= 11 is 0. The van der Waals surface area contributed by atoms with Crippen LogP contribution >= 0.6 is 0 Å². The van der Waals surface area contributed by atoms with Gasteiger partial charge in [-0.1, -0.05) is 35.9 Å². The lowest BCUT2D eigenvalue weighted by Crippen LogP contribution is -2.18. The van der Waals surface area contributed by atoms with Gasteiger partial charge in [-0.25, -0.2) is 4.98 Å². The van der Waals surface area contributed by atoms with E-state index in [4.69, 9.17) is 5.73 Å². The first-order valence-electron chi connectivity index (χ1n) is 11.8. The van der Waals surface area contributed by atoms with Gasteiger partial charge in [0.2, 0.25) is 5.91 Å². The summed E-state index contributed by atoms with van der Waals surface area (Å²) < 4.78 is 1.92. The maximum absolute atomic E-state index is 12.9. The molecule has 0 radical (unpaired) electrons. The van der Waals surface area contributed by atoms with Crippen LogP contribution in [0.1, 0.15) is 40.4 Å². The van der Waals surface area contributed by atoms with Crippen molar-refractivity contribution in [3.05, 3.63) is 93.8 Å². The summed E-state index contributed by atoms with van der Waals surface area (Å²) in [6.45, 7) is 5.85. The van der Waals surface area contributed by atoms with Crippen LogP contribution in [0.25, 0.3) is 28.1 Å². The highest BCUT2D eigenvalue weighted by molar-refractivity contribution is 6.10. The summed E-state index contributed by atoms with van der Waals surface area (Å²) in [5.41, 5.74) is 14.0. The summed E-state index contributed by atoms with van der Waals surface area (Å²) in [7, 11) is 0. The average molecular weight is 485 g/mol. The minimum absolute atomic E-state index is 0.122. The Morgan fingerprint density at radius 1 is 1.08 bits per heavy atom. The smallest absolute Gasteiger partial charge is 0.244 e. The Morgan fingerprint density at radius 3 is 2.51 bits per heavy atom. The maximum atomic E-state index is 12.9. The number of allylic oxidation sites excluding steroid dienone is 3. The second kappa shape index (κ2) is 9.14. The third-order valence-electron chi connectivity index (χ3n) is 6.75. The zero-order valence-corrected chi connectivity index (χ0v) is 20.8. The van der Waals surface area contributed by atoms with E-state index in [1.807, 2.05) is 86.1 Å². The van der Waals surface area contributed by atoms with Crippen molar-refractivity contribution in [3.63, 3.8) is 0 Å². The molecule has 1 aliphatic carbocycles. The van der Waals surface area contributed by atoms with Crippen LogP contribution in [0, 0.1) is 36.5 Å². The van der Waals surface area contributed by atoms with Crippen molar-refractivity contribution in [1.82, 2.24) is 9.55 Å². The number of aryl methyl sites for hydroxylation is 1. The Labute approximate surface area is 214 Å². The van der Waals surface area contributed by atoms with E-state index in [9.17, 15) is 15.3 Å². The van der Waals surface area contributed by atoms with Crippen molar-refractivity contribution in [3.8, 4) is 12.1 Å². The number of hydrogen-bond acceptors (Lipinski definition) is 5. The number of rotatable bonds is 4. The van der Waals surface area contributed by atoms with Crippen LogP contribution in [0.15, 0.2) is 60.3 Å². The van der Waals surface area contributed by atoms with Crippen LogP contribution in [-0.4, -0.2) is 15.5 Å². The van der Waals surface area contributed by atoms with Gasteiger partial charge in [0, 0.05) is 33.9 Å². The van der Waals surface area contributed by atoms with Crippen molar-refractivity contribution < 1.29 is 4.79 Å². The molecule has 1 aliphatic rings. The van der Waals surface area contributed by atoms with Crippen LogP contribution < -0.4 is 11.1 Å².